The van der Waals surface area contributed by atoms with Crippen molar-refractivity contribution in [2.45, 2.75) is 39.0 Å². The highest BCUT2D eigenvalue weighted by Crippen LogP contribution is 2.23. The van der Waals surface area contributed by atoms with Crippen molar-refractivity contribution in [1.82, 2.24) is 5.32 Å². The predicted molar refractivity (Wildman–Crippen MR) is 88.6 cm³/mol. The van der Waals surface area contributed by atoms with Gasteiger partial charge in [0, 0.05) is 12.1 Å². The maximum Gasteiger partial charge on any atom is 0.251 e. The van der Waals surface area contributed by atoms with E-state index in [-0.39, 0.29) is 5.91 Å². The fourth-order valence-electron chi connectivity index (χ4n) is 2.85. The summed E-state index contributed by atoms with van der Waals surface area (Å²) in [6.07, 6.45) is 7.31. The van der Waals surface area contributed by atoms with E-state index in [4.69, 9.17) is 0 Å². The molecule has 1 aromatic carbocycles. The van der Waals surface area contributed by atoms with Crippen molar-refractivity contribution in [1.29, 1.82) is 0 Å². The maximum atomic E-state index is 12.2. The summed E-state index contributed by atoms with van der Waals surface area (Å²) >= 11 is 0. The van der Waals surface area contributed by atoms with Gasteiger partial charge in [-0.05, 0) is 49.4 Å². The highest BCUT2D eigenvalue weighted by Gasteiger charge is 2.15. The fourth-order valence-corrected chi connectivity index (χ4v) is 3.48. The molecule has 0 aliphatic heterocycles. The molecule has 1 aliphatic carbocycles. The lowest BCUT2D eigenvalue weighted by Gasteiger charge is -2.21. The molecule has 0 aromatic heterocycles. The van der Waals surface area contributed by atoms with E-state index >= 15 is 0 Å². The smallest absolute Gasteiger partial charge is 0.251 e. The second-order valence-corrected chi connectivity index (χ2v) is 7.87. The SMILES string of the molecule is Cc1cc(C(=O)NCC2CCCCC2)ccc1NS(C)(=O)=O. The number of benzene rings is 1. The van der Waals surface area contributed by atoms with Crippen molar-refractivity contribution in [3.05, 3.63) is 29.3 Å². The average molecular weight is 324 g/mol. The highest BCUT2D eigenvalue weighted by atomic mass is 32.2. The Labute approximate surface area is 132 Å². The molecule has 0 atom stereocenters. The molecule has 1 fully saturated rings. The Morgan fingerprint density at radius 2 is 1.91 bits per heavy atom. The molecule has 2 N–H and O–H groups in total. The van der Waals surface area contributed by atoms with E-state index in [2.05, 4.69) is 10.0 Å². The average Bonchev–Trinajstić information content (AvgIpc) is 2.46. The van der Waals surface area contributed by atoms with Crippen LogP contribution in [0.5, 0.6) is 0 Å². The summed E-state index contributed by atoms with van der Waals surface area (Å²) in [7, 11) is -3.31. The topological polar surface area (TPSA) is 75.3 Å². The highest BCUT2D eigenvalue weighted by molar-refractivity contribution is 7.92. The molecule has 6 heteroatoms. The molecular weight excluding hydrogens is 300 g/mol. The molecule has 0 heterocycles. The Kier molecular flexibility index (Phi) is 5.45. The number of sulfonamides is 1. The first kappa shape index (κ1) is 16.8. The van der Waals surface area contributed by atoms with Crippen LogP contribution in [0.3, 0.4) is 0 Å². The molecule has 1 amide bonds. The van der Waals surface area contributed by atoms with E-state index in [1.54, 1.807) is 25.1 Å². The van der Waals surface area contributed by atoms with E-state index in [0.717, 1.165) is 18.4 Å². The van der Waals surface area contributed by atoms with Gasteiger partial charge in [-0.15, -0.1) is 0 Å². The lowest BCUT2D eigenvalue weighted by molar-refractivity contribution is 0.0943. The van der Waals surface area contributed by atoms with Gasteiger partial charge in [0.05, 0.1) is 11.9 Å². The zero-order chi connectivity index (χ0) is 16.2. The van der Waals surface area contributed by atoms with Crippen LogP contribution in [0.2, 0.25) is 0 Å². The number of rotatable bonds is 5. The molecule has 1 aliphatic rings. The second kappa shape index (κ2) is 7.13. The first-order valence-electron chi connectivity index (χ1n) is 7.72. The zero-order valence-electron chi connectivity index (χ0n) is 13.2. The minimum atomic E-state index is -3.31. The van der Waals surface area contributed by atoms with Crippen molar-refractivity contribution >= 4 is 21.6 Å². The summed E-state index contributed by atoms with van der Waals surface area (Å²) in [6.45, 7) is 2.51. The van der Waals surface area contributed by atoms with Crippen molar-refractivity contribution in [3.8, 4) is 0 Å². The Bertz CT molecular complexity index is 635. The van der Waals surface area contributed by atoms with Gasteiger partial charge in [-0.3, -0.25) is 9.52 Å². The van der Waals surface area contributed by atoms with E-state index in [1.165, 1.54) is 32.1 Å². The summed E-state index contributed by atoms with van der Waals surface area (Å²) in [5.41, 5.74) is 1.80. The Balaban J connectivity index is 1.96. The van der Waals surface area contributed by atoms with Crippen LogP contribution in [0.1, 0.15) is 48.0 Å². The summed E-state index contributed by atoms with van der Waals surface area (Å²) in [4.78, 5) is 12.2. The number of amides is 1. The summed E-state index contributed by atoms with van der Waals surface area (Å²) < 4.78 is 25.0. The molecule has 122 valence electrons. The van der Waals surface area contributed by atoms with Crippen LogP contribution in [0.15, 0.2) is 18.2 Å². The Hall–Kier alpha value is -1.56. The fraction of sp³-hybridized carbons (Fsp3) is 0.562. The molecule has 0 spiro atoms. The molecule has 5 nitrogen and oxygen atoms in total. The minimum absolute atomic E-state index is 0.0976. The van der Waals surface area contributed by atoms with Crippen LogP contribution >= 0.6 is 0 Å². The molecule has 0 radical (unpaired) electrons. The van der Waals surface area contributed by atoms with E-state index in [1.807, 2.05) is 0 Å². The van der Waals surface area contributed by atoms with Gasteiger partial charge in [-0.1, -0.05) is 19.3 Å². The monoisotopic (exact) mass is 324 g/mol. The third-order valence-corrected chi connectivity index (χ3v) is 4.65. The van der Waals surface area contributed by atoms with Crippen molar-refractivity contribution in [2.75, 3.05) is 17.5 Å². The first-order valence-corrected chi connectivity index (χ1v) is 9.61. The van der Waals surface area contributed by atoms with Gasteiger partial charge in [0.15, 0.2) is 0 Å². The number of hydrogen-bond donors (Lipinski definition) is 2. The molecule has 1 aromatic rings. The van der Waals surface area contributed by atoms with Gasteiger partial charge in [-0.2, -0.15) is 0 Å². The second-order valence-electron chi connectivity index (χ2n) is 6.12. The van der Waals surface area contributed by atoms with Crippen molar-refractivity contribution in [3.63, 3.8) is 0 Å². The molecule has 22 heavy (non-hydrogen) atoms. The van der Waals surface area contributed by atoms with Crippen LogP contribution in [-0.4, -0.2) is 27.1 Å². The quantitative estimate of drug-likeness (QED) is 0.874. The first-order chi connectivity index (χ1) is 10.3. The van der Waals surface area contributed by atoms with Gasteiger partial charge in [0.1, 0.15) is 0 Å². The number of aryl methyl sites for hydroxylation is 1. The standard InChI is InChI=1S/C16H24N2O3S/c1-12-10-14(8-9-15(12)18-22(2,20)21)16(19)17-11-13-6-4-3-5-7-13/h8-10,13,18H,3-7,11H2,1-2H3,(H,17,19). The van der Waals surface area contributed by atoms with Crippen LogP contribution in [0.4, 0.5) is 5.69 Å². The summed E-state index contributed by atoms with van der Waals surface area (Å²) in [6, 6.07) is 4.99. The Morgan fingerprint density at radius 1 is 1.23 bits per heavy atom. The number of nitrogens with one attached hydrogen (secondary N) is 2. The van der Waals surface area contributed by atoms with Crippen LogP contribution < -0.4 is 10.0 Å². The lowest BCUT2D eigenvalue weighted by Crippen LogP contribution is -2.30. The molecular formula is C16H24N2O3S. The minimum Gasteiger partial charge on any atom is -0.352 e. The number of hydrogen-bond acceptors (Lipinski definition) is 3. The number of carbonyl (C=O) groups excluding carboxylic acids is 1. The van der Waals surface area contributed by atoms with Crippen molar-refractivity contribution < 1.29 is 13.2 Å². The molecule has 0 saturated heterocycles. The number of anilines is 1. The van der Waals surface area contributed by atoms with Gasteiger partial charge in [0.25, 0.3) is 5.91 Å². The summed E-state index contributed by atoms with van der Waals surface area (Å²) in [5, 5.41) is 2.99. The third-order valence-electron chi connectivity index (χ3n) is 4.06. The van der Waals surface area contributed by atoms with Crippen molar-refractivity contribution in [2.24, 2.45) is 5.92 Å². The molecule has 0 bridgehead atoms. The van der Waals surface area contributed by atoms with E-state index in [9.17, 15) is 13.2 Å². The number of carbonyl (C=O) groups is 1. The van der Waals surface area contributed by atoms with E-state index in [0.29, 0.717) is 17.2 Å². The maximum absolute atomic E-state index is 12.2. The van der Waals surface area contributed by atoms with Gasteiger partial charge < -0.3 is 5.32 Å². The molecule has 2 rings (SSSR count). The van der Waals surface area contributed by atoms with Gasteiger partial charge in [-0.25, -0.2) is 8.42 Å². The van der Waals surface area contributed by atoms with Crippen LogP contribution in [0.25, 0.3) is 0 Å². The third kappa shape index (κ3) is 5.02. The molecule has 1 saturated carbocycles. The predicted octanol–water partition coefficient (Wildman–Crippen LogP) is 2.68. The summed E-state index contributed by atoms with van der Waals surface area (Å²) in [5.74, 6) is 0.490. The van der Waals surface area contributed by atoms with E-state index < -0.39 is 10.0 Å². The van der Waals surface area contributed by atoms with Gasteiger partial charge >= 0.3 is 0 Å². The zero-order valence-corrected chi connectivity index (χ0v) is 14.0. The lowest BCUT2D eigenvalue weighted by atomic mass is 9.89. The normalized spacial score (nSPS) is 16.3. The van der Waals surface area contributed by atoms with Crippen LogP contribution in [0, 0.1) is 12.8 Å². The Morgan fingerprint density at radius 3 is 2.50 bits per heavy atom. The van der Waals surface area contributed by atoms with Crippen LogP contribution in [-0.2, 0) is 10.0 Å². The largest absolute Gasteiger partial charge is 0.352 e. The molecule has 0 unspecified atom stereocenters. The van der Waals surface area contributed by atoms with Gasteiger partial charge in [0.2, 0.25) is 10.0 Å².